The van der Waals surface area contributed by atoms with Crippen LogP contribution in [0.2, 0.25) is 0 Å². The fourth-order valence-electron chi connectivity index (χ4n) is 2.52. The number of thiocarbonyl (C=S) groups is 1. The molecule has 20 heavy (non-hydrogen) atoms. The zero-order valence-corrected chi connectivity index (χ0v) is 12.4. The highest BCUT2D eigenvalue weighted by atomic mass is 32.1. The van der Waals surface area contributed by atoms with Crippen molar-refractivity contribution in [2.75, 3.05) is 20.8 Å². The first-order valence-corrected chi connectivity index (χ1v) is 6.82. The van der Waals surface area contributed by atoms with Crippen molar-refractivity contribution in [1.29, 1.82) is 0 Å². The van der Waals surface area contributed by atoms with Crippen LogP contribution in [0.15, 0.2) is 18.2 Å². The molecule has 1 fully saturated rings. The van der Waals surface area contributed by atoms with Gasteiger partial charge in [-0.15, -0.1) is 0 Å². The largest absolute Gasteiger partial charge is 0.493 e. The van der Waals surface area contributed by atoms with Gasteiger partial charge in [-0.25, -0.2) is 0 Å². The number of nitrogens with two attached hydrogens (primary N) is 1. The van der Waals surface area contributed by atoms with E-state index in [0.29, 0.717) is 28.6 Å². The van der Waals surface area contributed by atoms with E-state index in [9.17, 15) is 4.79 Å². The van der Waals surface area contributed by atoms with Crippen molar-refractivity contribution in [3.63, 3.8) is 0 Å². The number of benzene rings is 1. The summed E-state index contributed by atoms with van der Waals surface area (Å²) in [6.45, 7) is 0.654. The lowest BCUT2D eigenvalue weighted by Gasteiger charge is -2.24. The number of nitrogens with zero attached hydrogens (tertiary/aromatic N) is 1. The zero-order chi connectivity index (χ0) is 14.7. The standard InChI is InChI=1S/C14H18N2O3S/c1-18-11-7-3-5-9(12(11)19-2)14(17)16-8-4-6-10(16)13(15)20/h3,5,7,10H,4,6,8H2,1-2H3,(H2,15,20). The predicted octanol–water partition coefficient (Wildman–Crippen LogP) is 1.59. The summed E-state index contributed by atoms with van der Waals surface area (Å²) in [6, 6.07) is 5.07. The molecule has 1 aliphatic rings. The maximum Gasteiger partial charge on any atom is 0.258 e. The Hall–Kier alpha value is -1.82. The monoisotopic (exact) mass is 294 g/mol. The van der Waals surface area contributed by atoms with Gasteiger partial charge < -0.3 is 20.1 Å². The number of carbonyl (C=O) groups is 1. The number of carbonyl (C=O) groups excluding carboxylic acids is 1. The smallest absolute Gasteiger partial charge is 0.258 e. The summed E-state index contributed by atoms with van der Waals surface area (Å²) >= 11 is 5.04. The highest BCUT2D eigenvalue weighted by Gasteiger charge is 2.33. The van der Waals surface area contributed by atoms with Crippen LogP contribution in [0.3, 0.4) is 0 Å². The van der Waals surface area contributed by atoms with Crippen molar-refractivity contribution in [3.05, 3.63) is 23.8 Å². The minimum absolute atomic E-state index is 0.129. The Bertz CT molecular complexity index is 533. The van der Waals surface area contributed by atoms with Crippen LogP contribution < -0.4 is 15.2 Å². The van der Waals surface area contributed by atoms with Crippen LogP contribution in [-0.2, 0) is 0 Å². The first-order chi connectivity index (χ1) is 9.60. The molecule has 0 bridgehead atoms. The highest BCUT2D eigenvalue weighted by Crippen LogP contribution is 2.33. The van der Waals surface area contributed by atoms with Gasteiger partial charge in [0.25, 0.3) is 5.91 Å². The Labute approximate surface area is 123 Å². The van der Waals surface area contributed by atoms with Crippen LogP contribution in [0.4, 0.5) is 0 Å². The Balaban J connectivity index is 2.36. The van der Waals surface area contributed by atoms with Gasteiger partial charge in [-0.05, 0) is 25.0 Å². The van der Waals surface area contributed by atoms with Gasteiger partial charge >= 0.3 is 0 Å². The molecule has 1 amide bonds. The number of hydrogen-bond acceptors (Lipinski definition) is 4. The fourth-order valence-corrected chi connectivity index (χ4v) is 2.76. The van der Waals surface area contributed by atoms with E-state index >= 15 is 0 Å². The van der Waals surface area contributed by atoms with Crippen molar-refractivity contribution in [1.82, 2.24) is 4.90 Å². The molecule has 5 nitrogen and oxygen atoms in total. The van der Waals surface area contributed by atoms with Gasteiger partial charge in [0.15, 0.2) is 11.5 Å². The summed E-state index contributed by atoms with van der Waals surface area (Å²) in [4.78, 5) is 14.8. The summed E-state index contributed by atoms with van der Waals surface area (Å²) in [6.07, 6.45) is 1.72. The third-order valence-corrected chi connectivity index (χ3v) is 3.75. The predicted molar refractivity (Wildman–Crippen MR) is 80.4 cm³/mol. The number of likely N-dealkylation sites (tertiary alicyclic amines) is 1. The summed E-state index contributed by atoms with van der Waals surface area (Å²) in [7, 11) is 3.06. The van der Waals surface area contributed by atoms with E-state index in [1.807, 2.05) is 0 Å². The van der Waals surface area contributed by atoms with E-state index in [0.717, 1.165) is 12.8 Å². The van der Waals surface area contributed by atoms with E-state index in [1.165, 1.54) is 7.11 Å². The molecule has 108 valence electrons. The van der Waals surface area contributed by atoms with E-state index in [1.54, 1.807) is 30.2 Å². The Morgan fingerprint density at radius 2 is 2.15 bits per heavy atom. The van der Waals surface area contributed by atoms with Gasteiger partial charge in [0.1, 0.15) is 0 Å². The molecule has 2 N–H and O–H groups in total. The second kappa shape index (κ2) is 6.09. The zero-order valence-electron chi connectivity index (χ0n) is 11.6. The highest BCUT2D eigenvalue weighted by molar-refractivity contribution is 7.80. The van der Waals surface area contributed by atoms with Crippen LogP contribution in [0.1, 0.15) is 23.2 Å². The van der Waals surface area contributed by atoms with Gasteiger partial charge in [-0.3, -0.25) is 4.79 Å². The summed E-state index contributed by atoms with van der Waals surface area (Å²) in [5, 5.41) is 0. The number of amides is 1. The molecule has 0 aliphatic carbocycles. The lowest BCUT2D eigenvalue weighted by atomic mass is 10.1. The maximum atomic E-state index is 12.7. The van der Waals surface area contributed by atoms with Crippen molar-refractivity contribution in [2.24, 2.45) is 5.73 Å². The van der Waals surface area contributed by atoms with E-state index in [-0.39, 0.29) is 11.9 Å². The first kappa shape index (κ1) is 14.6. The molecule has 1 saturated heterocycles. The molecule has 1 aromatic rings. The van der Waals surface area contributed by atoms with Crippen LogP contribution in [-0.4, -0.2) is 42.6 Å². The van der Waals surface area contributed by atoms with E-state index < -0.39 is 0 Å². The molecule has 0 saturated carbocycles. The molecular formula is C14H18N2O3S. The number of methoxy groups -OCH3 is 2. The van der Waals surface area contributed by atoms with Crippen LogP contribution in [0, 0.1) is 0 Å². The summed E-state index contributed by atoms with van der Waals surface area (Å²) in [5.41, 5.74) is 6.18. The van der Waals surface area contributed by atoms with Crippen molar-refractivity contribution < 1.29 is 14.3 Å². The molecular weight excluding hydrogens is 276 g/mol. The summed E-state index contributed by atoms with van der Waals surface area (Å²) in [5.74, 6) is 0.842. The fraction of sp³-hybridized carbons (Fsp3) is 0.429. The first-order valence-electron chi connectivity index (χ1n) is 6.41. The minimum Gasteiger partial charge on any atom is -0.493 e. The van der Waals surface area contributed by atoms with Crippen molar-refractivity contribution in [3.8, 4) is 11.5 Å². The molecule has 0 spiro atoms. The number of ether oxygens (including phenoxy) is 2. The Kier molecular flexibility index (Phi) is 4.44. The average Bonchev–Trinajstić information content (AvgIpc) is 2.95. The molecule has 6 heteroatoms. The van der Waals surface area contributed by atoms with Gasteiger partial charge in [0, 0.05) is 6.54 Å². The van der Waals surface area contributed by atoms with Crippen LogP contribution >= 0.6 is 12.2 Å². The van der Waals surface area contributed by atoms with Gasteiger partial charge in [-0.1, -0.05) is 18.3 Å². The maximum absolute atomic E-state index is 12.7. The number of rotatable bonds is 4. The number of para-hydroxylation sites is 1. The normalized spacial score (nSPS) is 17.9. The minimum atomic E-state index is -0.173. The van der Waals surface area contributed by atoms with Crippen molar-refractivity contribution >= 4 is 23.1 Å². The van der Waals surface area contributed by atoms with Gasteiger partial charge in [0.2, 0.25) is 0 Å². The summed E-state index contributed by atoms with van der Waals surface area (Å²) < 4.78 is 10.5. The molecule has 1 atom stereocenters. The molecule has 2 rings (SSSR count). The second-order valence-corrected chi connectivity index (χ2v) is 5.07. The molecule has 1 unspecified atom stereocenters. The topological polar surface area (TPSA) is 64.8 Å². The number of hydrogen-bond donors (Lipinski definition) is 1. The lowest BCUT2D eigenvalue weighted by Crippen LogP contribution is -2.42. The Morgan fingerprint density at radius 1 is 1.40 bits per heavy atom. The van der Waals surface area contributed by atoms with Gasteiger partial charge in [0.05, 0.1) is 30.8 Å². The molecule has 1 aromatic carbocycles. The van der Waals surface area contributed by atoms with E-state index in [4.69, 9.17) is 27.4 Å². The third kappa shape index (κ3) is 2.56. The van der Waals surface area contributed by atoms with Crippen LogP contribution in [0.25, 0.3) is 0 Å². The third-order valence-electron chi connectivity index (χ3n) is 3.48. The molecule has 1 aliphatic heterocycles. The second-order valence-electron chi connectivity index (χ2n) is 4.60. The lowest BCUT2D eigenvalue weighted by molar-refractivity contribution is 0.0766. The molecule has 0 aromatic heterocycles. The quantitative estimate of drug-likeness (QED) is 0.854. The average molecular weight is 294 g/mol. The molecule has 0 radical (unpaired) electrons. The van der Waals surface area contributed by atoms with E-state index in [2.05, 4.69) is 0 Å². The van der Waals surface area contributed by atoms with Crippen LogP contribution in [0.5, 0.6) is 11.5 Å². The van der Waals surface area contributed by atoms with Crippen molar-refractivity contribution in [2.45, 2.75) is 18.9 Å². The van der Waals surface area contributed by atoms with Gasteiger partial charge in [-0.2, -0.15) is 0 Å². The SMILES string of the molecule is COc1cccc(C(=O)N2CCCC2C(N)=S)c1OC. The Morgan fingerprint density at radius 3 is 2.75 bits per heavy atom. The molecule has 1 heterocycles.